The quantitative estimate of drug-likeness (QED) is 0.716. The molecule has 0 radical (unpaired) electrons. The summed E-state index contributed by atoms with van der Waals surface area (Å²) in [5.74, 6) is 0.0696. The Bertz CT molecular complexity index is 832. The predicted octanol–water partition coefficient (Wildman–Crippen LogP) is 3.68. The third-order valence-corrected chi connectivity index (χ3v) is 5.23. The molecule has 0 spiro atoms. The van der Waals surface area contributed by atoms with Gasteiger partial charge in [0.25, 0.3) is 0 Å². The second-order valence-corrected chi connectivity index (χ2v) is 7.33. The van der Waals surface area contributed by atoms with Crippen LogP contribution in [0.25, 0.3) is 0 Å². The highest BCUT2D eigenvalue weighted by molar-refractivity contribution is 5.88. The zero-order valence-electron chi connectivity index (χ0n) is 17.0. The molecule has 3 amide bonds. The van der Waals surface area contributed by atoms with Crippen molar-refractivity contribution in [3.8, 4) is 5.75 Å². The maximum absolute atomic E-state index is 13.2. The Morgan fingerprint density at radius 2 is 1.76 bits per heavy atom. The normalized spacial score (nSPS) is 14.1. The van der Waals surface area contributed by atoms with E-state index in [-0.39, 0.29) is 23.7 Å². The number of phenols is 1. The summed E-state index contributed by atoms with van der Waals surface area (Å²) in [7, 11) is 0. The number of amides is 3. The fourth-order valence-corrected chi connectivity index (χ4v) is 3.46. The molecule has 0 heterocycles. The summed E-state index contributed by atoms with van der Waals surface area (Å²) >= 11 is 0. The number of carbonyl (C=O) groups excluding carboxylic acids is 2. The van der Waals surface area contributed by atoms with Gasteiger partial charge in [0.05, 0.1) is 0 Å². The van der Waals surface area contributed by atoms with Crippen molar-refractivity contribution in [1.82, 2.24) is 15.1 Å². The zero-order chi connectivity index (χ0) is 20.8. The molecule has 6 heteroatoms. The lowest BCUT2D eigenvalue weighted by Gasteiger charge is -2.29. The van der Waals surface area contributed by atoms with Gasteiger partial charge in [-0.2, -0.15) is 0 Å². The first-order chi connectivity index (χ1) is 14.0. The summed E-state index contributed by atoms with van der Waals surface area (Å²) in [5, 5.41) is 12.7. The number of carbonyl (C=O) groups is 2. The average molecular weight is 396 g/mol. The van der Waals surface area contributed by atoms with Gasteiger partial charge in [-0.05, 0) is 49.9 Å². The fraction of sp³-hybridized carbons (Fsp3) is 0.391. The monoisotopic (exact) mass is 395 g/mol. The molecule has 2 N–H and O–H groups in total. The van der Waals surface area contributed by atoms with E-state index in [4.69, 9.17) is 0 Å². The molecule has 1 aliphatic rings. The number of hydrogen-bond donors (Lipinski definition) is 2. The maximum Gasteiger partial charge on any atom is 0.318 e. The standard InChI is InChI=1S/C23H29N3O3/c1-3-25(4-2)22(28)21(18-10-6-5-7-11-18)24-23(29)26(19-13-14-19)16-17-9-8-12-20(27)15-17/h5-12,15,19,21,27H,3-4,13-14,16H2,1-2H3,(H,24,29)/t21-/m0/s1. The van der Waals surface area contributed by atoms with Gasteiger partial charge >= 0.3 is 6.03 Å². The van der Waals surface area contributed by atoms with Crippen molar-refractivity contribution in [3.05, 3.63) is 65.7 Å². The number of phenolic OH excluding ortho intramolecular Hbond substituents is 1. The Kier molecular flexibility index (Phi) is 6.75. The molecule has 2 aromatic carbocycles. The Morgan fingerprint density at radius 1 is 1.07 bits per heavy atom. The maximum atomic E-state index is 13.2. The van der Waals surface area contributed by atoms with Crippen LogP contribution in [0.15, 0.2) is 54.6 Å². The van der Waals surface area contributed by atoms with Gasteiger partial charge in [-0.3, -0.25) is 4.79 Å². The molecule has 0 unspecified atom stereocenters. The summed E-state index contributed by atoms with van der Waals surface area (Å²) in [6.07, 6.45) is 1.90. The van der Waals surface area contributed by atoms with Crippen molar-refractivity contribution in [2.24, 2.45) is 0 Å². The van der Waals surface area contributed by atoms with Gasteiger partial charge < -0.3 is 20.2 Å². The molecule has 0 bridgehead atoms. The van der Waals surface area contributed by atoms with E-state index in [1.165, 1.54) is 0 Å². The van der Waals surface area contributed by atoms with Crippen LogP contribution in [0.4, 0.5) is 4.79 Å². The van der Waals surface area contributed by atoms with E-state index >= 15 is 0 Å². The molecule has 3 rings (SSSR count). The Morgan fingerprint density at radius 3 is 2.34 bits per heavy atom. The highest BCUT2D eigenvalue weighted by atomic mass is 16.3. The van der Waals surface area contributed by atoms with E-state index in [0.29, 0.717) is 19.6 Å². The summed E-state index contributed by atoms with van der Waals surface area (Å²) in [5.41, 5.74) is 1.63. The largest absolute Gasteiger partial charge is 0.508 e. The zero-order valence-corrected chi connectivity index (χ0v) is 17.0. The van der Waals surface area contributed by atoms with Gasteiger partial charge in [0.15, 0.2) is 0 Å². The van der Waals surface area contributed by atoms with E-state index in [1.807, 2.05) is 50.2 Å². The highest BCUT2D eigenvalue weighted by Gasteiger charge is 2.35. The van der Waals surface area contributed by atoms with Crippen molar-refractivity contribution in [3.63, 3.8) is 0 Å². The van der Waals surface area contributed by atoms with Crippen LogP contribution in [0.1, 0.15) is 43.9 Å². The predicted molar refractivity (Wildman–Crippen MR) is 112 cm³/mol. The number of urea groups is 1. The Labute approximate surface area is 172 Å². The van der Waals surface area contributed by atoms with Crippen LogP contribution >= 0.6 is 0 Å². The van der Waals surface area contributed by atoms with E-state index in [0.717, 1.165) is 24.0 Å². The van der Waals surface area contributed by atoms with Crippen molar-refractivity contribution in [2.75, 3.05) is 13.1 Å². The lowest BCUT2D eigenvalue weighted by atomic mass is 10.1. The molecule has 1 saturated carbocycles. The number of aromatic hydroxyl groups is 1. The van der Waals surface area contributed by atoms with Crippen molar-refractivity contribution >= 4 is 11.9 Å². The molecule has 6 nitrogen and oxygen atoms in total. The Balaban J connectivity index is 1.81. The third-order valence-electron chi connectivity index (χ3n) is 5.23. The second kappa shape index (κ2) is 9.45. The molecule has 1 fully saturated rings. The molecule has 2 aromatic rings. The molecule has 154 valence electrons. The summed E-state index contributed by atoms with van der Waals surface area (Å²) < 4.78 is 0. The summed E-state index contributed by atoms with van der Waals surface area (Å²) in [4.78, 5) is 29.8. The first-order valence-corrected chi connectivity index (χ1v) is 10.2. The number of likely N-dealkylation sites (N-methyl/N-ethyl adjacent to an activating group) is 1. The molecule has 0 aliphatic heterocycles. The van der Waals surface area contributed by atoms with Crippen molar-refractivity contribution in [1.29, 1.82) is 0 Å². The number of benzene rings is 2. The minimum absolute atomic E-state index is 0.109. The van der Waals surface area contributed by atoms with E-state index in [2.05, 4.69) is 5.32 Å². The lowest BCUT2D eigenvalue weighted by Crippen LogP contribution is -2.48. The van der Waals surface area contributed by atoms with Crippen LogP contribution < -0.4 is 5.32 Å². The molecular weight excluding hydrogens is 366 g/mol. The molecule has 29 heavy (non-hydrogen) atoms. The SMILES string of the molecule is CCN(CC)C(=O)[C@@H](NC(=O)N(Cc1cccc(O)c1)C1CC1)c1ccccc1. The first kappa shape index (κ1) is 20.7. The van der Waals surface area contributed by atoms with Gasteiger partial charge in [0.2, 0.25) is 5.91 Å². The second-order valence-electron chi connectivity index (χ2n) is 7.33. The third kappa shape index (κ3) is 5.28. The molecular formula is C23H29N3O3. The summed E-state index contributed by atoms with van der Waals surface area (Å²) in [6.45, 7) is 5.44. The first-order valence-electron chi connectivity index (χ1n) is 10.2. The van der Waals surface area contributed by atoms with Crippen molar-refractivity contribution in [2.45, 2.75) is 45.3 Å². The van der Waals surface area contributed by atoms with Crippen LogP contribution in [0.5, 0.6) is 5.75 Å². The molecule has 0 saturated heterocycles. The van der Waals surface area contributed by atoms with Gasteiger partial charge in [0, 0.05) is 25.7 Å². The minimum Gasteiger partial charge on any atom is -0.508 e. The smallest absolute Gasteiger partial charge is 0.318 e. The van der Waals surface area contributed by atoms with Gasteiger partial charge in [0.1, 0.15) is 11.8 Å². The molecule has 1 atom stereocenters. The number of nitrogens with zero attached hydrogens (tertiary/aromatic N) is 2. The minimum atomic E-state index is -0.728. The molecule has 1 aliphatic carbocycles. The topological polar surface area (TPSA) is 72.9 Å². The fourth-order valence-electron chi connectivity index (χ4n) is 3.46. The summed E-state index contributed by atoms with van der Waals surface area (Å²) in [6, 6.07) is 15.5. The van der Waals surface area contributed by atoms with E-state index in [9.17, 15) is 14.7 Å². The van der Waals surface area contributed by atoms with Crippen LogP contribution in [0.2, 0.25) is 0 Å². The van der Waals surface area contributed by atoms with Crippen molar-refractivity contribution < 1.29 is 14.7 Å². The van der Waals surface area contributed by atoms with Crippen LogP contribution in [0, 0.1) is 0 Å². The van der Waals surface area contributed by atoms with Gasteiger partial charge in [-0.25, -0.2) is 4.79 Å². The lowest BCUT2D eigenvalue weighted by molar-refractivity contribution is -0.133. The van der Waals surface area contributed by atoms with Gasteiger partial charge in [-0.15, -0.1) is 0 Å². The highest BCUT2D eigenvalue weighted by Crippen LogP contribution is 2.29. The number of nitrogens with one attached hydrogen (secondary N) is 1. The van der Waals surface area contributed by atoms with E-state index < -0.39 is 6.04 Å². The van der Waals surface area contributed by atoms with E-state index in [1.54, 1.807) is 28.0 Å². The van der Waals surface area contributed by atoms with Crippen LogP contribution in [-0.2, 0) is 11.3 Å². The van der Waals surface area contributed by atoms with Crippen LogP contribution in [-0.4, -0.2) is 46.0 Å². The molecule has 0 aromatic heterocycles. The Hall–Kier alpha value is -3.02. The number of hydrogen-bond acceptors (Lipinski definition) is 3. The van der Waals surface area contributed by atoms with Crippen LogP contribution in [0.3, 0.4) is 0 Å². The average Bonchev–Trinajstić information content (AvgIpc) is 3.56. The number of rotatable bonds is 8. The van der Waals surface area contributed by atoms with Gasteiger partial charge in [-0.1, -0.05) is 42.5 Å².